The normalized spacial score (nSPS) is 16.6. The number of benzene rings is 1. The van der Waals surface area contributed by atoms with Crippen molar-refractivity contribution in [1.82, 2.24) is 4.90 Å². The van der Waals surface area contributed by atoms with E-state index in [0.29, 0.717) is 0 Å². The molecule has 1 fully saturated rings. The number of nitrogens with zero attached hydrogens (tertiary/aromatic N) is 1. The molecule has 0 N–H and O–H groups in total. The van der Waals surface area contributed by atoms with Crippen LogP contribution in [0.2, 0.25) is 5.02 Å². The van der Waals surface area contributed by atoms with Gasteiger partial charge in [0.25, 0.3) is 0 Å². The highest BCUT2D eigenvalue weighted by molar-refractivity contribution is 6.30. The highest BCUT2D eigenvalue weighted by Gasteiger charge is 2.09. The first-order valence-corrected chi connectivity index (χ1v) is 7.92. The van der Waals surface area contributed by atoms with Gasteiger partial charge in [-0.05, 0) is 56.1 Å². The van der Waals surface area contributed by atoms with Crippen LogP contribution in [0.25, 0.3) is 0 Å². The maximum Gasteiger partial charge on any atom is 0.122 e. The van der Waals surface area contributed by atoms with Gasteiger partial charge < -0.3 is 4.74 Å². The second-order valence-corrected chi connectivity index (χ2v) is 5.79. The van der Waals surface area contributed by atoms with Crippen molar-refractivity contribution in [2.75, 3.05) is 26.2 Å². The van der Waals surface area contributed by atoms with Gasteiger partial charge in [-0.15, -0.1) is 6.58 Å². The van der Waals surface area contributed by atoms with Crippen LogP contribution in [0.5, 0.6) is 5.75 Å². The van der Waals surface area contributed by atoms with Crippen molar-refractivity contribution in [2.24, 2.45) is 0 Å². The van der Waals surface area contributed by atoms with Crippen LogP contribution in [0, 0.1) is 0 Å². The first-order chi connectivity index (χ1) is 9.79. The van der Waals surface area contributed by atoms with Gasteiger partial charge in [0.05, 0.1) is 0 Å². The zero-order valence-corrected chi connectivity index (χ0v) is 12.9. The van der Waals surface area contributed by atoms with E-state index in [9.17, 15) is 0 Å². The molecule has 0 aromatic heterocycles. The topological polar surface area (TPSA) is 12.5 Å². The molecular formula is C17H24ClNO. The number of ether oxygens (including phenoxy) is 1. The summed E-state index contributed by atoms with van der Waals surface area (Å²) in [6.45, 7) is 7.96. The van der Waals surface area contributed by atoms with E-state index >= 15 is 0 Å². The minimum absolute atomic E-state index is 0.742. The van der Waals surface area contributed by atoms with Crippen LogP contribution in [0.3, 0.4) is 0 Å². The van der Waals surface area contributed by atoms with E-state index in [2.05, 4.69) is 11.5 Å². The summed E-state index contributed by atoms with van der Waals surface area (Å²) in [7, 11) is 0. The highest BCUT2D eigenvalue weighted by Crippen LogP contribution is 2.23. The quantitative estimate of drug-likeness (QED) is 0.724. The van der Waals surface area contributed by atoms with Crippen LogP contribution in [0.15, 0.2) is 30.9 Å². The highest BCUT2D eigenvalue weighted by atomic mass is 35.5. The van der Waals surface area contributed by atoms with Crippen molar-refractivity contribution in [3.8, 4) is 5.75 Å². The molecule has 3 heteroatoms. The van der Waals surface area contributed by atoms with Gasteiger partial charge in [-0.2, -0.15) is 0 Å². The molecule has 0 radical (unpaired) electrons. The molecule has 1 aliphatic heterocycles. The summed E-state index contributed by atoms with van der Waals surface area (Å²) in [4.78, 5) is 2.51. The maximum absolute atomic E-state index is 6.03. The monoisotopic (exact) mass is 293 g/mol. The van der Waals surface area contributed by atoms with E-state index in [1.54, 1.807) is 0 Å². The molecule has 0 spiro atoms. The molecule has 0 saturated carbocycles. The Hall–Kier alpha value is -0.990. The van der Waals surface area contributed by atoms with Crippen LogP contribution < -0.4 is 4.74 Å². The second-order valence-electron chi connectivity index (χ2n) is 5.35. The lowest BCUT2D eigenvalue weighted by atomic mass is 10.1. The van der Waals surface area contributed by atoms with Gasteiger partial charge >= 0.3 is 0 Å². The van der Waals surface area contributed by atoms with Crippen LogP contribution >= 0.6 is 11.6 Å². The minimum atomic E-state index is 0.742. The Labute approximate surface area is 127 Å². The molecule has 0 amide bonds. The van der Waals surface area contributed by atoms with Crippen molar-refractivity contribution in [3.63, 3.8) is 0 Å². The number of hydrogen-bond acceptors (Lipinski definition) is 2. The van der Waals surface area contributed by atoms with Gasteiger partial charge in [-0.1, -0.05) is 30.5 Å². The SMILES string of the molecule is C=CCc1cc(Cl)ccc1OCCN1CCCCCC1. The summed E-state index contributed by atoms with van der Waals surface area (Å²) >= 11 is 6.03. The third-order valence-electron chi connectivity index (χ3n) is 3.75. The number of likely N-dealkylation sites (tertiary alicyclic amines) is 1. The van der Waals surface area contributed by atoms with Crippen LogP contribution in [-0.4, -0.2) is 31.1 Å². The lowest BCUT2D eigenvalue weighted by Gasteiger charge is -2.20. The lowest BCUT2D eigenvalue weighted by molar-refractivity contribution is 0.213. The predicted octanol–water partition coefficient (Wildman–Crippen LogP) is 4.32. The van der Waals surface area contributed by atoms with Gasteiger partial charge in [-0.25, -0.2) is 0 Å². The smallest absolute Gasteiger partial charge is 0.122 e. The number of hydrogen-bond donors (Lipinski definition) is 0. The zero-order chi connectivity index (χ0) is 14.2. The molecule has 0 unspecified atom stereocenters. The molecule has 0 aliphatic carbocycles. The summed E-state index contributed by atoms with van der Waals surface area (Å²) in [5.41, 5.74) is 1.11. The molecule has 1 aliphatic rings. The molecule has 2 nitrogen and oxygen atoms in total. The van der Waals surface area contributed by atoms with Gasteiger partial charge in [0, 0.05) is 11.6 Å². The predicted molar refractivity (Wildman–Crippen MR) is 85.8 cm³/mol. The molecule has 2 rings (SSSR count). The fourth-order valence-corrected chi connectivity index (χ4v) is 2.84. The summed E-state index contributed by atoms with van der Waals surface area (Å²) in [5, 5.41) is 0.752. The van der Waals surface area contributed by atoms with E-state index in [1.165, 1.54) is 38.8 Å². The van der Waals surface area contributed by atoms with Crippen molar-refractivity contribution < 1.29 is 4.74 Å². The molecule has 20 heavy (non-hydrogen) atoms. The Bertz CT molecular complexity index is 425. The van der Waals surface area contributed by atoms with Crippen molar-refractivity contribution in [1.29, 1.82) is 0 Å². The van der Waals surface area contributed by atoms with Gasteiger partial charge in [0.15, 0.2) is 0 Å². The third kappa shape index (κ3) is 4.84. The summed E-state index contributed by atoms with van der Waals surface area (Å²) < 4.78 is 5.94. The van der Waals surface area contributed by atoms with Gasteiger partial charge in [0.1, 0.15) is 12.4 Å². The molecule has 0 atom stereocenters. The molecule has 1 saturated heterocycles. The first-order valence-electron chi connectivity index (χ1n) is 7.54. The molecule has 1 heterocycles. The van der Waals surface area contributed by atoms with E-state index in [1.807, 2.05) is 24.3 Å². The molecule has 0 bridgehead atoms. The van der Waals surface area contributed by atoms with Crippen LogP contribution in [0.1, 0.15) is 31.2 Å². The zero-order valence-electron chi connectivity index (χ0n) is 12.1. The van der Waals surface area contributed by atoms with Crippen molar-refractivity contribution >= 4 is 11.6 Å². The number of allylic oxidation sites excluding steroid dienone is 1. The Morgan fingerprint density at radius 1 is 1.20 bits per heavy atom. The molecule has 110 valence electrons. The van der Waals surface area contributed by atoms with Gasteiger partial charge in [-0.3, -0.25) is 4.90 Å². The average Bonchev–Trinajstić information content (AvgIpc) is 2.70. The summed E-state index contributed by atoms with van der Waals surface area (Å²) in [6.07, 6.45) is 8.06. The van der Waals surface area contributed by atoms with E-state index in [0.717, 1.165) is 35.9 Å². The largest absolute Gasteiger partial charge is 0.492 e. The Balaban J connectivity index is 1.85. The molecule has 1 aromatic carbocycles. The Morgan fingerprint density at radius 3 is 2.65 bits per heavy atom. The van der Waals surface area contributed by atoms with Crippen LogP contribution in [-0.2, 0) is 6.42 Å². The summed E-state index contributed by atoms with van der Waals surface area (Å²) in [6, 6.07) is 5.81. The van der Waals surface area contributed by atoms with E-state index in [4.69, 9.17) is 16.3 Å². The number of halogens is 1. The van der Waals surface area contributed by atoms with E-state index in [-0.39, 0.29) is 0 Å². The van der Waals surface area contributed by atoms with Gasteiger partial charge in [0.2, 0.25) is 0 Å². The first kappa shape index (κ1) is 15.4. The Morgan fingerprint density at radius 2 is 1.95 bits per heavy atom. The van der Waals surface area contributed by atoms with Crippen LogP contribution in [0.4, 0.5) is 0 Å². The Kier molecular flexibility index (Phi) is 6.41. The third-order valence-corrected chi connectivity index (χ3v) is 3.99. The maximum atomic E-state index is 6.03. The fourth-order valence-electron chi connectivity index (χ4n) is 2.65. The second kappa shape index (κ2) is 8.33. The molecule has 1 aromatic rings. The number of rotatable bonds is 6. The lowest BCUT2D eigenvalue weighted by Crippen LogP contribution is -2.29. The van der Waals surface area contributed by atoms with E-state index < -0.39 is 0 Å². The minimum Gasteiger partial charge on any atom is -0.492 e. The molecular weight excluding hydrogens is 270 g/mol. The fraction of sp³-hybridized carbons (Fsp3) is 0.529. The standard InChI is InChI=1S/C17H24ClNO/c1-2-7-15-14-16(18)8-9-17(15)20-13-12-19-10-5-3-4-6-11-19/h2,8-9,14H,1,3-7,10-13H2. The van der Waals surface area contributed by atoms with Crippen molar-refractivity contribution in [3.05, 3.63) is 41.4 Å². The summed E-state index contributed by atoms with van der Waals surface area (Å²) in [5.74, 6) is 0.934. The van der Waals surface area contributed by atoms with Crippen molar-refractivity contribution in [2.45, 2.75) is 32.1 Å². The average molecular weight is 294 g/mol.